The molecule has 1 heterocycles. The van der Waals surface area contributed by atoms with Crippen LogP contribution in [0.4, 0.5) is 0 Å². The quantitative estimate of drug-likeness (QED) is 0.654. The highest BCUT2D eigenvalue weighted by Crippen LogP contribution is 2.40. The number of carbonyl (C=O) groups excluding carboxylic acids is 1. The second-order valence-corrected chi connectivity index (χ2v) is 7.15. The maximum Gasteiger partial charge on any atom is 0.167 e. The lowest BCUT2D eigenvalue weighted by Gasteiger charge is -2.25. The van der Waals surface area contributed by atoms with Gasteiger partial charge in [0.1, 0.15) is 17.2 Å². The van der Waals surface area contributed by atoms with Crippen molar-refractivity contribution < 1.29 is 19.0 Å². The number of aromatic nitrogens is 2. The van der Waals surface area contributed by atoms with Gasteiger partial charge in [-0.1, -0.05) is 6.07 Å². The summed E-state index contributed by atoms with van der Waals surface area (Å²) in [5, 5.41) is 4.67. The number of nitrogens with zero attached hydrogens (tertiary/aromatic N) is 2. The van der Waals surface area contributed by atoms with Crippen molar-refractivity contribution in [2.24, 2.45) is 0 Å². The molecule has 0 bridgehead atoms. The fraction of sp³-hybridized carbons (Fsp3) is 0.304. The van der Waals surface area contributed by atoms with Crippen molar-refractivity contribution in [3.63, 3.8) is 0 Å². The highest BCUT2D eigenvalue weighted by atomic mass is 16.5. The van der Waals surface area contributed by atoms with Crippen LogP contribution in [0.2, 0.25) is 0 Å². The number of ether oxygens (including phenoxy) is 3. The molecule has 1 aliphatic carbocycles. The molecule has 1 aromatic heterocycles. The Morgan fingerprint density at radius 2 is 1.62 bits per heavy atom. The Kier molecular flexibility index (Phi) is 5.01. The van der Waals surface area contributed by atoms with Crippen LogP contribution in [0.25, 0.3) is 5.69 Å². The van der Waals surface area contributed by atoms with Gasteiger partial charge < -0.3 is 14.2 Å². The molecule has 0 N–H and O–H groups in total. The van der Waals surface area contributed by atoms with Gasteiger partial charge in [0.2, 0.25) is 0 Å². The first kappa shape index (κ1) is 19.1. The Bertz CT molecular complexity index is 1050. The van der Waals surface area contributed by atoms with Crippen LogP contribution < -0.4 is 14.2 Å². The second-order valence-electron chi connectivity index (χ2n) is 7.15. The molecule has 150 valence electrons. The molecular formula is C23H24N2O4. The minimum absolute atomic E-state index is 0.0176. The van der Waals surface area contributed by atoms with Crippen molar-refractivity contribution in [1.82, 2.24) is 9.78 Å². The summed E-state index contributed by atoms with van der Waals surface area (Å²) in [6.45, 7) is 1.89. The Hall–Kier alpha value is -3.28. The van der Waals surface area contributed by atoms with Gasteiger partial charge in [-0.3, -0.25) is 4.79 Å². The Morgan fingerprint density at radius 3 is 2.28 bits per heavy atom. The van der Waals surface area contributed by atoms with E-state index in [4.69, 9.17) is 14.2 Å². The average molecular weight is 392 g/mol. The topological polar surface area (TPSA) is 62.6 Å². The standard InChI is InChI=1S/C23H24N2O4/c1-14-23-20(25(24-14)16-5-7-17(27-2)8-6-16)11-15(12-21(23)26)19-10-9-18(28-3)13-22(19)29-4/h5-10,13,15H,11-12H2,1-4H3/t15-/m0/s1. The van der Waals surface area contributed by atoms with Crippen molar-refractivity contribution >= 4 is 5.78 Å². The van der Waals surface area contributed by atoms with Crippen molar-refractivity contribution in [1.29, 1.82) is 0 Å². The van der Waals surface area contributed by atoms with E-state index in [1.54, 1.807) is 21.3 Å². The fourth-order valence-corrected chi connectivity index (χ4v) is 4.07. The third-order valence-electron chi connectivity index (χ3n) is 5.50. The van der Waals surface area contributed by atoms with Crippen LogP contribution in [0.3, 0.4) is 0 Å². The summed E-state index contributed by atoms with van der Waals surface area (Å²) in [4.78, 5) is 13.0. The van der Waals surface area contributed by atoms with Gasteiger partial charge in [0.25, 0.3) is 0 Å². The highest BCUT2D eigenvalue weighted by molar-refractivity contribution is 6.00. The molecule has 0 fully saturated rings. The van der Waals surface area contributed by atoms with E-state index in [2.05, 4.69) is 5.10 Å². The number of hydrogen-bond acceptors (Lipinski definition) is 5. The molecule has 3 aromatic rings. The molecule has 0 radical (unpaired) electrons. The van der Waals surface area contributed by atoms with Gasteiger partial charge >= 0.3 is 0 Å². The SMILES string of the molecule is COc1ccc(-n2nc(C)c3c2C[C@H](c2ccc(OC)cc2OC)CC3=O)cc1. The lowest BCUT2D eigenvalue weighted by molar-refractivity contribution is 0.0963. The van der Waals surface area contributed by atoms with E-state index in [9.17, 15) is 4.79 Å². The summed E-state index contributed by atoms with van der Waals surface area (Å²) < 4.78 is 18.0. The van der Waals surface area contributed by atoms with Gasteiger partial charge in [-0.25, -0.2) is 4.68 Å². The predicted octanol–water partition coefficient (Wildman–Crippen LogP) is 4.12. The molecule has 0 saturated heterocycles. The van der Waals surface area contributed by atoms with Crippen LogP contribution in [-0.4, -0.2) is 36.9 Å². The molecular weight excluding hydrogens is 368 g/mol. The van der Waals surface area contributed by atoms with Crippen LogP contribution in [0.1, 0.15) is 39.6 Å². The number of hydrogen-bond donors (Lipinski definition) is 0. The van der Waals surface area contributed by atoms with Crippen LogP contribution in [0.5, 0.6) is 17.2 Å². The highest BCUT2D eigenvalue weighted by Gasteiger charge is 2.33. The van der Waals surface area contributed by atoms with Gasteiger partial charge in [-0.15, -0.1) is 0 Å². The number of benzene rings is 2. The number of Topliss-reactive ketones (excluding diaryl/α,β-unsaturated/α-hetero) is 1. The molecule has 0 saturated carbocycles. The van der Waals surface area contributed by atoms with E-state index in [1.165, 1.54) is 0 Å². The van der Waals surface area contributed by atoms with E-state index in [1.807, 2.05) is 54.1 Å². The van der Waals surface area contributed by atoms with Crippen LogP contribution in [-0.2, 0) is 6.42 Å². The maximum absolute atomic E-state index is 13.0. The minimum Gasteiger partial charge on any atom is -0.497 e. The van der Waals surface area contributed by atoms with Gasteiger partial charge in [-0.2, -0.15) is 5.10 Å². The molecule has 0 aliphatic heterocycles. The van der Waals surface area contributed by atoms with E-state index in [-0.39, 0.29) is 11.7 Å². The van der Waals surface area contributed by atoms with Crippen molar-refractivity contribution in [3.8, 4) is 22.9 Å². The van der Waals surface area contributed by atoms with Gasteiger partial charge in [0, 0.05) is 18.4 Å². The summed E-state index contributed by atoms with van der Waals surface area (Å²) >= 11 is 0. The zero-order chi connectivity index (χ0) is 20.5. The Balaban J connectivity index is 1.76. The molecule has 6 nitrogen and oxygen atoms in total. The van der Waals surface area contributed by atoms with Crippen LogP contribution in [0.15, 0.2) is 42.5 Å². The summed E-state index contributed by atoms with van der Waals surface area (Å²) in [5.41, 5.74) is 4.36. The smallest absolute Gasteiger partial charge is 0.167 e. The van der Waals surface area contributed by atoms with Crippen LogP contribution in [0, 0.1) is 6.92 Å². The predicted molar refractivity (Wildman–Crippen MR) is 110 cm³/mol. The van der Waals surface area contributed by atoms with E-state index in [0.717, 1.165) is 45.5 Å². The second kappa shape index (κ2) is 7.62. The molecule has 0 unspecified atom stereocenters. The lowest BCUT2D eigenvalue weighted by Crippen LogP contribution is -2.21. The van der Waals surface area contributed by atoms with Gasteiger partial charge in [0.05, 0.1) is 44.0 Å². The van der Waals surface area contributed by atoms with Gasteiger partial charge in [-0.05, 0) is 49.2 Å². The lowest BCUT2D eigenvalue weighted by atomic mass is 9.81. The van der Waals surface area contributed by atoms with E-state index >= 15 is 0 Å². The fourth-order valence-electron chi connectivity index (χ4n) is 4.07. The largest absolute Gasteiger partial charge is 0.497 e. The number of ketones is 1. The molecule has 1 aliphatic rings. The molecule has 4 rings (SSSR count). The van der Waals surface area contributed by atoms with Crippen molar-refractivity contribution in [2.75, 3.05) is 21.3 Å². The first-order chi connectivity index (χ1) is 14.0. The number of aryl methyl sites for hydroxylation is 1. The van der Waals surface area contributed by atoms with E-state index in [0.29, 0.717) is 12.8 Å². The molecule has 6 heteroatoms. The normalized spacial score (nSPS) is 15.7. The number of fused-ring (bicyclic) bond motifs is 1. The summed E-state index contributed by atoms with van der Waals surface area (Å²) in [5.74, 6) is 2.38. The zero-order valence-corrected chi connectivity index (χ0v) is 17.1. The van der Waals surface area contributed by atoms with Gasteiger partial charge in [0.15, 0.2) is 5.78 Å². The summed E-state index contributed by atoms with van der Waals surface area (Å²) in [6.07, 6.45) is 1.14. The minimum atomic E-state index is 0.0176. The van der Waals surface area contributed by atoms with Crippen molar-refractivity contribution in [2.45, 2.75) is 25.7 Å². The molecule has 2 aromatic carbocycles. The maximum atomic E-state index is 13.0. The Morgan fingerprint density at radius 1 is 0.931 bits per heavy atom. The molecule has 1 atom stereocenters. The molecule has 29 heavy (non-hydrogen) atoms. The first-order valence-electron chi connectivity index (χ1n) is 9.53. The third-order valence-corrected chi connectivity index (χ3v) is 5.50. The number of carbonyl (C=O) groups is 1. The monoisotopic (exact) mass is 392 g/mol. The first-order valence-corrected chi connectivity index (χ1v) is 9.53. The number of methoxy groups -OCH3 is 3. The Labute approximate surface area is 170 Å². The number of rotatable bonds is 5. The van der Waals surface area contributed by atoms with Crippen molar-refractivity contribution in [3.05, 3.63) is 65.0 Å². The third kappa shape index (κ3) is 3.35. The summed E-state index contributed by atoms with van der Waals surface area (Å²) in [7, 11) is 4.90. The van der Waals surface area contributed by atoms with Crippen LogP contribution >= 0.6 is 0 Å². The zero-order valence-electron chi connectivity index (χ0n) is 17.1. The molecule has 0 spiro atoms. The summed E-state index contributed by atoms with van der Waals surface area (Å²) in [6, 6.07) is 13.5. The molecule has 0 amide bonds. The average Bonchev–Trinajstić information content (AvgIpc) is 3.10. The van der Waals surface area contributed by atoms with E-state index < -0.39 is 0 Å².